The minimum Gasteiger partial charge on any atom is -0.379 e. The van der Waals surface area contributed by atoms with Crippen molar-refractivity contribution in [3.8, 4) is 0 Å². The number of amides is 3. The summed E-state index contributed by atoms with van der Waals surface area (Å²) in [5.41, 5.74) is 0. The van der Waals surface area contributed by atoms with Gasteiger partial charge in [0.1, 0.15) is 5.78 Å². The van der Waals surface area contributed by atoms with Crippen molar-refractivity contribution in [3.63, 3.8) is 0 Å². The van der Waals surface area contributed by atoms with E-state index < -0.39 is 11.8 Å². The van der Waals surface area contributed by atoms with E-state index in [1.54, 1.807) is 0 Å². The molecule has 3 amide bonds. The molecule has 10 heteroatoms. The second-order valence-electron chi connectivity index (χ2n) is 6.16. The van der Waals surface area contributed by atoms with Crippen LogP contribution in [-0.4, -0.2) is 94.3 Å². The van der Waals surface area contributed by atoms with Crippen molar-refractivity contribution in [1.82, 2.24) is 10.2 Å². The van der Waals surface area contributed by atoms with E-state index in [1.165, 1.54) is 19.1 Å². The van der Waals surface area contributed by atoms with Crippen LogP contribution in [0.4, 0.5) is 0 Å². The second-order valence-corrected chi connectivity index (χ2v) is 6.16. The summed E-state index contributed by atoms with van der Waals surface area (Å²) < 4.78 is 21.2. The number of Topliss-reactive ketones (excluding diaryl/α,β-unsaturated/α-hetero) is 1. The lowest BCUT2D eigenvalue weighted by atomic mass is 10.3. The zero-order chi connectivity index (χ0) is 23.3. The Labute approximate surface area is 184 Å². The van der Waals surface area contributed by atoms with Crippen molar-refractivity contribution in [2.24, 2.45) is 0 Å². The van der Waals surface area contributed by atoms with Gasteiger partial charge in [0.25, 0.3) is 11.8 Å². The first kappa shape index (κ1) is 28.9. The molecule has 0 fully saturated rings. The molecule has 0 aromatic rings. The largest absolute Gasteiger partial charge is 0.379 e. The van der Waals surface area contributed by atoms with Crippen LogP contribution in [0.5, 0.6) is 0 Å². The molecule has 178 valence electrons. The molecule has 0 saturated carbocycles. The molecule has 1 heterocycles. The van der Waals surface area contributed by atoms with Crippen LogP contribution in [0.25, 0.3) is 0 Å². The van der Waals surface area contributed by atoms with Gasteiger partial charge in [0.2, 0.25) is 5.91 Å². The van der Waals surface area contributed by atoms with Gasteiger partial charge in [0.15, 0.2) is 0 Å². The molecule has 10 nitrogen and oxygen atoms in total. The van der Waals surface area contributed by atoms with Crippen LogP contribution in [-0.2, 0) is 38.1 Å². The molecule has 1 N–H and O–H groups in total. The Balaban J connectivity index is 0.00000436. The zero-order valence-corrected chi connectivity index (χ0v) is 18.9. The number of rotatable bonds is 18. The average molecular weight is 445 g/mol. The number of carbonyl (C=O) groups excluding carboxylic acids is 4. The lowest BCUT2D eigenvalue weighted by Crippen LogP contribution is -2.35. The van der Waals surface area contributed by atoms with Gasteiger partial charge >= 0.3 is 0 Å². The van der Waals surface area contributed by atoms with Crippen molar-refractivity contribution in [2.75, 3.05) is 65.9 Å². The van der Waals surface area contributed by atoms with Gasteiger partial charge in [-0.3, -0.25) is 24.1 Å². The van der Waals surface area contributed by atoms with Crippen molar-refractivity contribution in [1.29, 1.82) is 0 Å². The van der Waals surface area contributed by atoms with Crippen molar-refractivity contribution < 1.29 is 38.1 Å². The SMILES string of the molecule is CC.CC(=O)CCOCCOCCOCCOCCNC(=O)CCN1C(=O)C=CC1=O. The summed E-state index contributed by atoms with van der Waals surface area (Å²) in [5, 5.41) is 2.66. The topological polar surface area (TPSA) is 120 Å². The second kappa shape index (κ2) is 19.8. The van der Waals surface area contributed by atoms with E-state index in [0.29, 0.717) is 65.8 Å². The Bertz CT molecular complexity index is 548. The van der Waals surface area contributed by atoms with E-state index in [0.717, 1.165) is 4.90 Å². The summed E-state index contributed by atoms with van der Waals surface area (Å²) in [6, 6.07) is 0. The summed E-state index contributed by atoms with van der Waals surface area (Å²) in [7, 11) is 0. The highest BCUT2D eigenvalue weighted by Gasteiger charge is 2.23. The van der Waals surface area contributed by atoms with Gasteiger partial charge in [-0.25, -0.2) is 0 Å². The van der Waals surface area contributed by atoms with E-state index in [-0.39, 0.29) is 24.7 Å². The standard InChI is InChI=1S/C19H30N2O8.C2H6/c1-16(22)5-8-26-10-12-28-14-15-29-13-11-27-9-6-20-17(23)4-7-21-18(24)2-3-19(21)25;1-2/h2-3H,4-15H2,1H3,(H,20,23);1-2H3. The van der Waals surface area contributed by atoms with Crippen LogP contribution in [0.2, 0.25) is 0 Å². The Morgan fingerprint density at radius 3 is 1.71 bits per heavy atom. The molecular formula is C21H36N2O8. The molecule has 0 aromatic carbocycles. The first-order chi connectivity index (χ1) is 15.0. The highest BCUT2D eigenvalue weighted by Crippen LogP contribution is 2.03. The molecule has 1 aliphatic rings. The molecule has 0 spiro atoms. The van der Waals surface area contributed by atoms with Gasteiger partial charge in [-0.05, 0) is 6.92 Å². The number of ketones is 1. The quantitative estimate of drug-likeness (QED) is 0.240. The van der Waals surface area contributed by atoms with E-state index in [9.17, 15) is 19.2 Å². The molecule has 0 aliphatic carbocycles. The third-order valence-electron chi connectivity index (χ3n) is 3.75. The summed E-state index contributed by atoms with van der Waals surface area (Å²) in [6.07, 6.45) is 2.86. The highest BCUT2D eigenvalue weighted by atomic mass is 16.6. The van der Waals surface area contributed by atoms with Crippen LogP contribution < -0.4 is 5.32 Å². The fourth-order valence-electron chi connectivity index (χ4n) is 2.19. The monoisotopic (exact) mass is 444 g/mol. The molecule has 0 aromatic heterocycles. The number of hydrogen-bond donors (Lipinski definition) is 1. The van der Waals surface area contributed by atoms with Gasteiger partial charge in [-0.2, -0.15) is 0 Å². The van der Waals surface area contributed by atoms with Crippen molar-refractivity contribution >= 4 is 23.5 Å². The van der Waals surface area contributed by atoms with Gasteiger partial charge < -0.3 is 24.3 Å². The normalized spacial score (nSPS) is 12.7. The van der Waals surface area contributed by atoms with Crippen LogP contribution >= 0.6 is 0 Å². The Morgan fingerprint density at radius 1 is 0.774 bits per heavy atom. The van der Waals surface area contributed by atoms with E-state index in [2.05, 4.69) is 5.32 Å². The average Bonchev–Trinajstić information content (AvgIpc) is 3.08. The molecule has 1 rings (SSSR count). The van der Waals surface area contributed by atoms with Gasteiger partial charge in [-0.1, -0.05) is 13.8 Å². The summed E-state index contributed by atoms with van der Waals surface area (Å²) >= 11 is 0. The maximum atomic E-state index is 11.7. The highest BCUT2D eigenvalue weighted by molar-refractivity contribution is 6.13. The predicted octanol–water partition coefficient (Wildman–Crippen LogP) is 0.489. The molecule has 0 saturated heterocycles. The first-order valence-corrected chi connectivity index (χ1v) is 10.6. The lowest BCUT2D eigenvalue weighted by Gasteiger charge is -2.13. The summed E-state index contributed by atoms with van der Waals surface area (Å²) in [5.74, 6) is -0.932. The number of hydrogen-bond acceptors (Lipinski definition) is 8. The van der Waals surface area contributed by atoms with Crippen molar-refractivity contribution in [2.45, 2.75) is 33.6 Å². The van der Waals surface area contributed by atoms with Crippen molar-refractivity contribution in [3.05, 3.63) is 12.2 Å². The number of nitrogens with one attached hydrogen (secondary N) is 1. The summed E-state index contributed by atoms with van der Waals surface area (Å²) in [6.45, 7) is 9.29. The summed E-state index contributed by atoms with van der Waals surface area (Å²) in [4.78, 5) is 46.1. The zero-order valence-electron chi connectivity index (χ0n) is 18.9. The Hall–Kier alpha value is -2.14. The smallest absolute Gasteiger partial charge is 0.253 e. The van der Waals surface area contributed by atoms with Gasteiger partial charge in [-0.15, -0.1) is 0 Å². The van der Waals surface area contributed by atoms with Crippen LogP contribution in [0.3, 0.4) is 0 Å². The van der Waals surface area contributed by atoms with E-state index >= 15 is 0 Å². The maximum Gasteiger partial charge on any atom is 0.253 e. The molecule has 0 radical (unpaired) electrons. The minimum absolute atomic E-state index is 0.0596. The first-order valence-electron chi connectivity index (χ1n) is 10.6. The van der Waals surface area contributed by atoms with Gasteiger partial charge in [0.05, 0.1) is 52.9 Å². The number of carbonyl (C=O) groups is 4. The fraction of sp³-hybridized carbons (Fsp3) is 0.714. The Kier molecular flexibility index (Phi) is 18.4. The third kappa shape index (κ3) is 16.3. The number of ether oxygens (including phenoxy) is 4. The molecule has 0 atom stereocenters. The molecule has 0 bridgehead atoms. The van der Waals surface area contributed by atoms with Crippen LogP contribution in [0, 0.1) is 0 Å². The lowest BCUT2D eigenvalue weighted by molar-refractivity contribution is -0.137. The van der Waals surface area contributed by atoms with Crippen LogP contribution in [0.1, 0.15) is 33.6 Å². The third-order valence-corrected chi connectivity index (χ3v) is 3.75. The van der Waals surface area contributed by atoms with E-state index in [4.69, 9.17) is 18.9 Å². The molecular weight excluding hydrogens is 408 g/mol. The fourth-order valence-corrected chi connectivity index (χ4v) is 2.19. The minimum atomic E-state index is -0.394. The number of imide groups is 1. The van der Waals surface area contributed by atoms with Crippen LogP contribution in [0.15, 0.2) is 12.2 Å². The van der Waals surface area contributed by atoms with Gasteiger partial charge in [0, 0.05) is 38.1 Å². The molecule has 0 unspecified atom stereocenters. The van der Waals surface area contributed by atoms with E-state index in [1.807, 2.05) is 13.8 Å². The number of nitrogens with zero attached hydrogens (tertiary/aromatic N) is 1. The molecule has 31 heavy (non-hydrogen) atoms. The molecule has 1 aliphatic heterocycles. The Morgan fingerprint density at radius 2 is 1.23 bits per heavy atom. The predicted molar refractivity (Wildman–Crippen MR) is 113 cm³/mol. The maximum absolute atomic E-state index is 11.7.